The van der Waals surface area contributed by atoms with Crippen LogP contribution in [0.4, 0.5) is 0 Å². The van der Waals surface area contributed by atoms with E-state index in [-0.39, 0.29) is 0 Å². The number of nitrogens with zero attached hydrogens (tertiary/aromatic N) is 1. The van der Waals surface area contributed by atoms with E-state index < -0.39 is 0 Å². The van der Waals surface area contributed by atoms with E-state index >= 15 is 0 Å². The van der Waals surface area contributed by atoms with Gasteiger partial charge in [0.25, 0.3) is 0 Å². The van der Waals surface area contributed by atoms with Crippen molar-refractivity contribution >= 4 is 39.0 Å². The summed E-state index contributed by atoms with van der Waals surface area (Å²) in [5.74, 6) is 7.11. The van der Waals surface area contributed by atoms with Gasteiger partial charge in [-0.25, -0.2) is 0 Å². The maximum Gasteiger partial charge on any atom is 0.184 e. The molecule has 6 bridgehead atoms. The molecule has 0 aliphatic heterocycles. The maximum absolute atomic E-state index is 5.49. The number of nitrogens with two attached hydrogens (primary N) is 1. The van der Waals surface area contributed by atoms with Crippen LogP contribution in [0.25, 0.3) is 0 Å². The molecule has 9 atom stereocenters. The van der Waals surface area contributed by atoms with Gasteiger partial charge in [-0.1, -0.05) is 15.9 Å². The van der Waals surface area contributed by atoms with Crippen LogP contribution < -0.4 is 11.2 Å². The fourth-order valence-corrected chi connectivity index (χ4v) is 7.97. The van der Waals surface area contributed by atoms with E-state index in [1.165, 1.54) is 12.1 Å². The van der Waals surface area contributed by atoms with Crippen LogP contribution in [0.2, 0.25) is 0 Å². The van der Waals surface area contributed by atoms with Crippen LogP contribution in [0.3, 0.4) is 0 Å². The van der Waals surface area contributed by atoms with Crippen LogP contribution in [-0.4, -0.2) is 15.7 Å². The van der Waals surface area contributed by atoms with Crippen LogP contribution in [0.5, 0.6) is 0 Å². The number of nitrogens with one attached hydrogen (secondary N) is 1. The maximum atomic E-state index is 5.49. The van der Waals surface area contributed by atoms with Crippen LogP contribution in [-0.2, 0) is 0 Å². The molecule has 6 aliphatic rings. The Balaban J connectivity index is 1.62. The fraction of sp³-hybridized carbons (Fsp3) is 0.833. The number of halogens is 1. The lowest BCUT2D eigenvalue weighted by Crippen LogP contribution is -2.30. The summed E-state index contributed by atoms with van der Waals surface area (Å²) in [7, 11) is 0. The molecule has 90 valence electrons. The summed E-state index contributed by atoms with van der Waals surface area (Å²) in [5.41, 5.74) is 9.73. The molecule has 0 unspecified atom stereocenters. The SMILES string of the molecule is NC(=S)NN=C1[C@H]2[C@@H]3C[C@H]4[C@H]2[C@@H]2[C@H](Br)[C@@H]4[C@@H]3[C@@H]12. The van der Waals surface area contributed by atoms with Gasteiger partial charge in [0.05, 0.1) is 0 Å². The number of hydrogen-bond donors (Lipinski definition) is 2. The summed E-state index contributed by atoms with van der Waals surface area (Å²) in [4.78, 5) is 0.764. The first kappa shape index (κ1) is 9.73. The van der Waals surface area contributed by atoms with Gasteiger partial charge in [-0.15, -0.1) is 0 Å². The van der Waals surface area contributed by atoms with Crippen molar-refractivity contribution < 1.29 is 0 Å². The molecule has 6 rings (SSSR count). The predicted octanol–water partition coefficient (Wildman–Crippen LogP) is 1.33. The van der Waals surface area contributed by atoms with Crippen LogP contribution in [0.1, 0.15) is 6.42 Å². The molecule has 6 fully saturated rings. The standard InChI is InChI=1S/C12H14BrN3S/c13-10-6-2-1-3-4(6)9-8(10)5(2)7(3)11(9)15-16-12(14)17/h2-10H,1H2,(H3,14,16,17)/t2-,3+,4+,5+,6-,7-,8-,9+,10+/m0/s1. The molecule has 5 heteroatoms. The van der Waals surface area contributed by atoms with Crippen molar-refractivity contribution in [3.05, 3.63) is 0 Å². The van der Waals surface area contributed by atoms with Gasteiger partial charge in [-0.2, -0.15) is 5.10 Å². The van der Waals surface area contributed by atoms with E-state index in [1.807, 2.05) is 0 Å². The third-order valence-corrected chi connectivity index (χ3v) is 7.65. The van der Waals surface area contributed by atoms with E-state index in [1.54, 1.807) is 0 Å². The zero-order chi connectivity index (χ0) is 11.5. The van der Waals surface area contributed by atoms with Crippen LogP contribution >= 0.6 is 28.1 Å². The fourth-order valence-electron chi connectivity index (χ4n) is 6.49. The largest absolute Gasteiger partial charge is 0.375 e. The summed E-state index contributed by atoms with van der Waals surface area (Å²) in [6.45, 7) is 0. The Kier molecular flexibility index (Phi) is 1.55. The first-order valence-electron chi connectivity index (χ1n) is 6.47. The number of alkyl halides is 1. The molecular formula is C12H14BrN3S. The summed E-state index contributed by atoms with van der Waals surface area (Å²) in [5, 5.41) is 4.85. The van der Waals surface area contributed by atoms with Gasteiger partial charge in [-0.3, -0.25) is 5.43 Å². The van der Waals surface area contributed by atoms with Gasteiger partial charge in [0.15, 0.2) is 5.11 Å². The molecule has 0 amide bonds. The van der Waals surface area contributed by atoms with E-state index in [0.717, 1.165) is 52.2 Å². The monoisotopic (exact) mass is 311 g/mol. The molecule has 0 saturated heterocycles. The smallest absolute Gasteiger partial charge is 0.184 e. The lowest BCUT2D eigenvalue weighted by atomic mass is 9.71. The van der Waals surface area contributed by atoms with Gasteiger partial charge in [0.1, 0.15) is 0 Å². The average Bonchev–Trinajstić information content (AvgIpc) is 2.97. The zero-order valence-electron chi connectivity index (χ0n) is 9.21. The second-order valence-corrected chi connectivity index (χ2v) is 7.88. The number of rotatable bonds is 1. The Bertz CT molecular complexity index is 476. The topological polar surface area (TPSA) is 50.4 Å². The lowest BCUT2D eigenvalue weighted by Gasteiger charge is -2.32. The predicted molar refractivity (Wildman–Crippen MR) is 72.6 cm³/mol. The van der Waals surface area contributed by atoms with Crippen molar-refractivity contribution in [2.75, 3.05) is 0 Å². The molecule has 0 radical (unpaired) electrons. The number of thiocarbonyl (C=S) groups is 1. The van der Waals surface area contributed by atoms with E-state index in [2.05, 4.69) is 26.5 Å². The third kappa shape index (κ3) is 0.820. The highest BCUT2D eigenvalue weighted by molar-refractivity contribution is 9.09. The highest BCUT2D eigenvalue weighted by Gasteiger charge is 2.82. The Morgan fingerprint density at radius 3 is 2.71 bits per heavy atom. The van der Waals surface area contributed by atoms with Crippen LogP contribution in [0, 0.1) is 47.3 Å². The third-order valence-electron chi connectivity index (χ3n) is 6.34. The van der Waals surface area contributed by atoms with Gasteiger partial charge in [-0.05, 0) is 54.1 Å². The quantitative estimate of drug-likeness (QED) is 0.436. The first-order chi connectivity index (χ1) is 8.20. The van der Waals surface area contributed by atoms with Crippen molar-refractivity contribution in [1.82, 2.24) is 5.43 Å². The van der Waals surface area contributed by atoms with E-state index in [9.17, 15) is 0 Å². The Morgan fingerprint density at radius 2 is 2.00 bits per heavy atom. The van der Waals surface area contributed by atoms with Crippen molar-refractivity contribution in [3.63, 3.8) is 0 Å². The normalized spacial score (nSPS) is 65.7. The molecule has 0 aromatic heterocycles. The first-order valence-corrected chi connectivity index (χ1v) is 7.79. The molecule has 3 nitrogen and oxygen atoms in total. The molecule has 6 saturated carbocycles. The Hall–Kier alpha value is -0.160. The molecule has 0 aromatic rings. The van der Waals surface area contributed by atoms with Crippen molar-refractivity contribution in [2.45, 2.75) is 11.2 Å². The highest BCUT2D eigenvalue weighted by atomic mass is 79.9. The van der Waals surface area contributed by atoms with Gasteiger partial charge >= 0.3 is 0 Å². The summed E-state index contributed by atoms with van der Waals surface area (Å²) >= 11 is 8.82. The second-order valence-electron chi connectivity index (χ2n) is 6.38. The molecule has 17 heavy (non-hydrogen) atoms. The molecule has 0 aromatic carbocycles. The number of hydrogen-bond acceptors (Lipinski definition) is 2. The molecule has 0 heterocycles. The van der Waals surface area contributed by atoms with Crippen LogP contribution in [0.15, 0.2) is 5.10 Å². The minimum atomic E-state index is 0.297. The average molecular weight is 312 g/mol. The van der Waals surface area contributed by atoms with Gasteiger partial charge in [0, 0.05) is 22.4 Å². The molecule has 3 N–H and O–H groups in total. The second kappa shape index (κ2) is 2.72. The van der Waals surface area contributed by atoms with E-state index in [0.29, 0.717) is 5.11 Å². The number of hydrazone groups is 1. The molecule has 6 aliphatic carbocycles. The minimum Gasteiger partial charge on any atom is -0.375 e. The summed E-state index contributed by atoms with van der Waals surface area (Å²) in [6.07, 6.45) is 1.46. The lowest BCUT2D eigenvalue weighted by molar-refractivity contribution is 0.132. The summed E-state index contributed by atoms with van der Waals surface area (Å²) < 4.78 is 0. The Labute approximate surface area is 114 Å². The van der Waals surface area contributed by atoms with Crippen molar-refractivity contribution in [2.24, 2.45) is 58.2 Å². The van der Waals surface area contributed by atoms with Gasteiger partial charge in [0.2, 0.25) is 0 Å². The Morgan fingerprint density at radius 1 is 1.24 bits per heavy atom. The van der Waals surface area contributed by atoms with E-state index in [4.69, 9.17) is 18.0 Å². The van der Waals surface area contributed by atoms with Gasteiger partial charge < -0.3 is 5.73 Å². The highest BCUT2D eigenvalue weighted by Crippen LogP contribution is 2.82. The minimum absolute atomic E-state index is 0.297. The summed E-state index contributed by atoms with van der Waals surface area (Å²) in [6, 6.07) is 0. The van der Waals surface area contributed by atoms with Crippen molar-refractivity contribution in [3.8, 4) is 0 Å². The molecular weight excluding hydrogens is 298 g/mol. The van der Waals surface area contributed by atoms with Crippen molar-refractivity contribution in [1.29, 1.82) is 0 Å². The molecule has 0 spiro atoms. The zero-order valence-corrected chi connectivity index (χ0v) is 11.6.